The largest absolute Gasteiger partial charge is 0.497 e. The molecule has 3 rings (SSSR count). The zero-order valence-electron chi connectivity index (χ0n) is 21.6. The number of rotatable bonds is 12. The maximum atomic E-state index is 13.9. The van der Waals surface area contributed by atoms with Gasteiger partial charge in [-0.2, -0.15) is 0 Å². The Labute approximate surface area is 229 Å². The van der Waals surface area contributed by atoms with Gasteiger partial charge in [0.25, 0.3) is 10.0 Å². The molecule has 0 saturated carbocycles. The number of nitrogens with zero attached hydrogens (tertiary/aromatic N) is 2. The van der Waals surface area contributed by atoms with Crippen LogP contribution in [-0.4, -0.2) is 51.4 Å². The minimum atomic E-state index is -4.17. The fourth-order valence-electron chi connectivity index (χ4n) is 4.07. The first-order chi connectivity index (χ1) is 18.2. The maximum absolute atomic E-state index is 13.9. The maximum Gasteiger partial charge on any atom is 0.264 e. The SMILES string of the molecule is CCNC(=O)[C@@H](CC)N(Cc1cccc(OC)c1)C(=O)CN(c1ccccc1Cl)S(=O)(=O)c1ccccc1. The van der Waals surface area contributed by atoms with Crippen molar-refractivity contribution in [1.29, 1.82) is 0 Å². The van der Waals surface area contributed by atoms with E-state index in [0.29, 0.717) is 18.7 Å². The summed E-state index contributed by atoms with van der Waals surface area (Å²) in [5.41, 5.74) is 0.898. The first kappa shape index (κ1) is 29.0. The zero-order valence-corrected chi connectivity index (χ0v) is 23.2. The lowest BCUT2D eigenvalue weighted by Gasteiger charge is -2.33. The number of methoxy groups -OCH3 is 1. The summed E-state index contributed by atoms with van der Waals surface area (Å²) in [4.78, 5) is 28.4. The fraction of sp³-hybridized carbons (Fsp3) is 0.286. The predicted octanol–water partition coefficient (Wildman–Crippen LogP) is 4.49. The lowest BCUT2D eigenvalue weighted by Crippen LogP contribution is -2.52. The van der Waals surface area contributed by atoms with Crippen molar-refractivity contribution in [3.8, 4) is 5.75 Å². The van der Waals surface area contributed by atoms with E-state index in [1.807, 2.05) is 6.07 Å². The molecule has 2 amide bonds. The molecule has 0 spiro atoms. The van der Waals surface area contributed by atoms with Gasteiger partial charge in [-0.05, 0) is 55.3 Å². The van der Waals surface area contributed by atoms with Crippen molar-refractivity contribution < 1.29 is 22.7 Å². The molecule has 3 aromatic carbocycles. The summed E-state index contributed by atoms with van der Waals surface area (Å²) < 4.78 is 33.8. The van der Waals surface area contributed by atoms with Crippen molar-refractivity contribution in [2.75, 3.05) is 24.5 Å². The van der Waals surface area contributed by atoms with Gasteiger partial charge in [0.2, 0.25) is 11.8 Å². The fourth-order valence-corrected chi connectivity index (χ4v) is 5.81. The second-order valence-corrected chi connectivity index (χ2v) is 10.7. The van der Waals surface area contributed by atoms with Gasteiger partial charge in [-0.25, -0.2) is 8.42 Å². The summed E-state index contributed by atoms with van der Waals surface area (Å²) in [6, 6.07) is 20.6. The van der Waals surface area contributed by atoms with Gasteiger partial charge < -0.3 is 15.0 Å². The van der Waals surface area contributed by atoms with Crippen LogP contribution in [0, 0.1) is 0 Å². The summed E-state index contributed by atoms with van der Waals surface area (Å²) >= 11 is 6.41. The molecule has 0 radical (unpaired) electrons. The quantitative estimate of drug-likeness (QED) is 0.354. The predicted molar refractivity (Wildman–Crippen MR) is 149 cm³/mol. The molecule has 0 unspecified atom stereocenters. The third-order valence-electron chi connectivity index (χ3n) is 5.96. The number of halogens is 1. The summed E-state index contributed by atoms with van der Waals surface area (Å²) in [6.07, 6.45) is 0.332. The Kier molecular flexibility index (Phi) is 10.2. The van der Waals surface area contributed by atoms with Gasteiger partial charge in [0.1, 0.15) is 18.3 Å². The standard InChI is InChI=1S/C28H32ClN3O5S/c1-4-25(28(34)30-5-2)31(19-21-12-11-13-22(18-21)37-3)27(33)20-32(26-17-10-9-16-24(26)29)38(35,36)23-14-7-6-8-15-23/h6-18,25H,4-5,19-20H2,1-3H3,(H,30,34)/t25-/m1/s1. The molecule has 0 fully saturated rings. The molecule has 0 aliphatic heterocycles. The Morgan fingerprint density at radius 2 is 1.66 bits per heavy atom. The Bertz CT molecular complexity index is 1350. The van der Waals surface area contributed by atoms with Crippen molar-refractivity contribution in [3.63, 3.8) is 0 Å². The number of carbonyl (C=O) groups is 2. The Morgan fingerprint density at radius 1 is 0.974 bits per heavy atom. The number of para-hydroxylation sites is 1. The van der Waals surface area contributed by atoms with Crippen LogP contribution in [0.2, 0.25) is 5.02 Å². The second kappa shape index (κ2) is 13.3. The molecule has 1 N–H and O–H groups in total. The van der Waals surface area contributed by atoms with E-state index in [1.165, 1.54) is 17.0 Å². The first-order valence-corrected chi connectivity index (χ1v) is 14.1. The summed E-state index contributed by atoms with van der Waals surface area (Å²) in [5.74, 6) is -0.267. The van der Waals surface area contributed by atoms with Gasteiger partial charge in [-0.3, -0.25) is 13.9 Å². The van der Waals surface area contributed by atoms with Crippen LogP contribution >= 0.6 is 11.6 Å². The van der Waals surface area contributed by atoms with Crippen LogP contribution in [0.3, 0.4) is 0 Å². The minimum absolute atomic E-state index is 0.0165. The van der Waals surface area contributed by atoms with Crippen molar-refractivity contribution in [3.05, 3.63) is 89.4 Å². The van der Waals surface area contributed by atoms with E-state index in [9.17, 15) is 18.0 Å². The molecule has 0 heterocycles. The minimum Gasteiger partial charge on any atom is -0.497 e. The van der Waals surface area contributed by atoms with E-state index in [4.69, 9.17) is 16.3 Å². The molecule has 10 heteroatoms. The average Bonchev–Trinajstić information content (AvgIpc) is 2.92. The molecular formula is C28H32ClN3O5S. The van der Waals surface area contributed by atoms with Crippen molar-refractivity contribution in [2.45, 2.75) is 37.8 Å². The molecule has 0 saturated heterocycles. The molecule has 8 nitrogen and oxygen atoms in total. The molecule has 0 bridgehead atoms. The number of hydrogen-bond acceptors (Lipinski definition) is 5. The van der Waals surface area contributed by atoms with E-state index in [2.05, 4.69) is 5.32 Å². The van der Waals surface area contributed by atoms with Gasteiger partial charge in [-0.15, -0.1) is 0 Å². The molecule has 202 valence electrons. The van der Waals surface area contributed by atoms with E-state index in [-0.39, 0.29) is 28.1 Å². The summed E-state index contributed by atoms with van der Waals surface area (Å²) in [5, 5.41) is 2.96. The topological polar surface area (TPSA) is 96.0 Å². The van der Waals surface area contributed by atoms with E-state index in [1.54, 1.807) is 81.6 Å². The number of likely N-dealkylation sites (N-methyl/N-ethyl adjacent to an activating group) is 1. The van der Waals surface area contributed by atoms with Crippen LogP contribution in [0.15, 0.2) is 83.8 Å². The van der Waals surface area contributed by atoms with E-state index in [0.717, 1.165) is 9.87 Å². The van der Waals surface area contributed by atoms with Crippen LogP contribution in [0.25, 0.3) is 0 Å². The molecule has 0 aromatic heterocycles. The first-order valence-electron chi connectivity index (χ1n) is 12.2. The number of ether oxygens (including phenoxy) is 1. The van der Waals surface area contributed by atoms with Gasteiger partial charge in [0.05, 0.1) is 22.7 Å². The number of sulfonamides is 1. The number of benzene rings is 3. The number of amides is 2. The molecule has 0 aliphatic rings. The molecule has 0 aliphatic carbocycles. The highest BCUT2D eigenvalue weighted by atomic mass is 35.5. The van der Waals surface area contributed by atoms with Crippen LogP contribution in [0.5, 0.6) is 5.75 Å². The van der Waals surface area contributed by atoms with Gasteiger partial charge in [-0.1, -0.05) is 61.0 Å². The van der Waals surface area contributed by atoms with E-state index < -0.39 is 28.5 Å². The normalized spacial score (nSPS) is 11.9. The molecular weight excluding hydrogens is 526 g/mol. The smallest absolute Gasteiger partial charge is 0.264 e. The van der Waals surface area contributed by atoms with Crippen LogP contribution < -0.4 is 14.4 Å². The number of anilines is 1. The van der Waals surface area contributed by atoms with E-state index >= 15 is 0 Å². The Morgan fingerprint density at radius 3 is 2.29 bits per heavy atom. The lowest BCUT2D eigenvalue weighted by atomic mass is 10.1. The number of nitrogens with one attached hydrogen (secondary N) is 1. The van der Waals surface area contributed by atoms with Crippen molar-refractivity contribution in [1.82, 2.24) is 10.2 Å². The third kappa shape index (κ3) is 6.85. The third-order valence-corrected chi connectivity index (χ3v) is 8.05. The molecule has 3 aromatic rings. The van der Waals surface area contributed by atoms with Crippen LogP contribution in [0.1, 0.15) is 25.8 Å². The average molecular weight is 558 g/mol. The lowest BCUT2D eigenvalue weighted by molar-refractivity contribution is -0.140. The van der Waals surface area contributed by atoms with Gasteiger partial charge >= 0.3 is 0 Å². The summed E-state index contributed by atoms with van der Waals surface area (Å²) in [7, 11) is -2.63. The van der Waals surface area contributed by atoms with Gasteiger partial charge in [0, 0.05) is 13.1 Å². The van der Waals surface area contributed by atoms with Crippen molar-refractivity contribution >= 4 is 39.1 Å². The number of hydrogen-bond donors (Lipinski definition) is 1. The molecule has 38 heavy (non-hydrogen) atoms. The highest BCUT2D eigenvalue weighted by Gasteiger charge is 2.34. The highest BCUT2D eigenvalue weighted by Crippen LogP contribution is 2.31. The molecule has 1 atom stereocenters. The Hall–Kier alpha value is -3.56. The van der Waals surface area contributed by atoms with Gasteiger partial charge in [0.15, 0.2) is 0 Å². The summed E-state index contributed by atoms with van der Waals surface area (Å²) in [6.45, 7) is 3.52. The zero-order chi connectivity index (χ0) is 27.7. The van der Waals surface area contributed by atoms with Crippen LogP contribution in [-0.2, 0) is 26.2 Å². The van der Waals surface area contributed by atoms with Crippen molar-refractivity contribution in [2.24, 2.45) is 0 Å². The highest BCUT2D eigenvalue weighted by molar-refractivity contribution is 7.92. The Balaban J connectivity index is 2.07. The number of carbonyl (C=O) groups excluding carboxylic acids is 2. The monoisotopic (exact) mass is 557 g/mol. The second-order valence-electron chi connectivity index (χ2n) is 8.47. The van der Waals surface area contributed by atoms with Crippen LogP contribution in [0.4, 0.5) is 5.69 Å².